The molecule has 1 rings (SSSR count). The number of benzene rings is 1. The highest BCUT2D eigenvalue weighted by Gasteiger charge is 2.23. The first-order chi connectivity index (χ1) is 9.83. The molecular formula is C15H16O6. The smallest absolute Gasteiger partial charge is 0.343 e. The Morgan fingerprint density at radius 2 is 1.57 bits per heavy atom. The van der Waals surface area contributed by atoms with Gasteiger partial charge >= 0.3 is 17.9 Å². The SMILES string of the molecule is CCC(=C(C(=O)O)C(=O)O)c1ccc(C(=O)O)cc1CC. The van der Waals surface area contributed by atoms with Crippen molar-refractivity contribution in [2.24, 2.45) is 0 Å². The lowest BCUT2D eigenvalue weighted by Gasteiger charge is -2.13. The van der Waals surface area contributed by atoms with Crippen molar-refractivity contribution in [1.29, 1.82) is 0 Å². The Hall–Kier alpha value is -2.63. The minimum Gasteiger partial charge on any atom is -0.478 e. The molecule has 0 saturated carbocycles. The molecular weight excluding hydrogens is 276 g/mol. The van der Waals surface area contributed by atoms with E-state index in [1.165, 1.54) is 18.2 Å². The Kier molecular flexibility index (Phi) is 5.24. The summed E-state index contributed by atoms with van der Waals surface area (Å²) in [6.07, 6.45) is 0.680. The minimum absolute atomic E-state index is 0.0817. The van der Waals surface area contributed by atoms with Gasteiger partial charge in [-0.25, -0.2) is 14.4 Å². The van der Waals surface area contributed by atoms with Gasteiger partial charge in [-0.3, -0.25) is 0 Å². The van der Waals surface area contributed by atoms with Gasteiger partial charge < -0.3 is 15.3 Å². The summed E-state index contributed by atoms with van der Waals surface area (Å²) in [6, 6.07) is 4.25. The maximum atomic E-state index is 11.2. The van der Waals surface area contributed by atoms with Gasteiger partial charge in [0.1, 0.15) is 5.57 Å². The highest BCUT2D eigenvalue weighted by molar-refractivity contribution is 6.18. The maximum absolute atomic E-state index is 11.2. The van der Waals surface area contributed by atoms with Gasteiger partial charge in [-0.1, -0.05) is 19.9 Å². The Balaban J connectivity index is 3.62. The van der Waals surface area contributed by atoms with Crippen LogP contribution < -0.4 is 0 Å². The van der Waals surface area contributed by atoms with E-state index in [-0.39, 0.29) is 17.6 Å². The lowest BCUT2D eigenvalue weighted by atomic mass is 9.91. The molecule has 1 aromatic carbocycles. The molecule has 6 nitrogen and oxygen atoms in total. The zero-order chi connectivity index (χ0) is 16.2. The summed E-state index contributed by atoms with van der Waals surface area (Å²) in [7, 11) is 0. The van der Waals surface area contributed by atoms with Gasteiger partial charge in [0.05, 0.1) is 5.56 Å². The molecule has 0 unspecified atom stereocenters. The van der Waals surface area contributed by atoms with Crippen LogP contribution in [-0.4, -0.2) is 33.2 Å². The lowest BCUT2D eigenvalue weighted by Crippen LogP contribution is -2.14. The van der Waals surface area contributed by atoms with Gasteiger partial charge in [0, 0.05) is 0 Å². The van der Waals surface area contributed by atoms with Gasteiger partial charge in [0.25, 0.3) is 0 Å². The van der Waals surface area contributed by atoms with Gasteiger partial charge in [-0.05, 0) is 41.7 Å². The first-order valence-corrected chi connectivity index (χ1v) is 6.39. The fourth-order valence-corrected chi connectivity index (χ4v) is 2.17. The molecule has 1 aromatic rings. The van der Waals surface area contributed by atoms with Gasteiger partial charge in [-0.2, -0.15) is 0 Å². The van der Waals surface area contributed by atoms with E-state index < -0.39 is 23.5 Å². The zero-order valence-corrected chi connectivity index (χ0v) is 11.7. The maximum Gasteiger partial charge on any atom is 0.343 e. The molecule has 0 heterocycles. The number of carbonyl (C=O) groups is 3. The number of allylic oxidation sites excluding steroid dienone is 1. The van der Waals surface area contributed by atoms with E-state index in [4.69, 9.17) is 15.3 Å². The fraction of sp³-hybridized carbons (Fsp3) is 0.267. The average Bonchev–Trinajstić information content (AvgIpc) is 2.42. The molecule has 0 bridgehead atoms. The van der Waals surface area contributed by atoms with Crippen LogP contribution in [0.5, 0.6) is 0 Å². The highest BCUT2D eigenvalue weighted by Crippen LogP contribution is 2.27. The monoisotopic (exact) mass is 292 g/mol. The second kappa shape index (κ2) is 6.69. The Labute approximate surface area is 121 Å². The standard InChI is InChI=1S/C15H16O6/c1-3-8-7-9(13(16)17)5-6-11(8)10(4-2)12(14(18)19)15(20)21/h5-7H,3-4H2,1-2H3,(H,16,17)(H,18,19)(H,20,21). The van der Waals surface area contributed by atoms with Crippen molar-refractivity contribution in [2.45, 2.75) is 26.7 Å². The number of hydrogen-bond donors (Lipinski definition) is 3. The van der Waals surface area contributed by atoms with E-state index in [1.54, 1.807) is 13.8 Å². The molecule has 0 amide bonds. The van der Waals surface area contributed by atoms with Gasteiger partial charge in [0.15, 0.2) is 0 Å². The zero-order valence-electron chi connectivity index (χ0n) is 11.7. The van der Waals surface area contributed by atoms with Crippen molar-refractivity contribution in [3.8, 4) is 0 Å². The van der Waals surface area contributed by atoms with E-state index >= 15 is 0 Å². The molecule has 0 aromatic heterocycles. The van der Waals surface area contributed by atoms with Crippen molar-refractivity contribution < 1.29 is 29.7 Å². The van der Waals surface area contributed by atoms with Crippen molar-refractivity contribution in [2.75, 3.05) is 0 Å². The normalized spacial score (nSPS) is 10.0. The summed E-state index contributed by atoms with van der Waals surface area (Å²) >= 11 is 0. The number of hydrogen-bond acceptors (Lipinski definition) is 3. The van der Waals surface area contributed by atoms with Crippen LogP contribution in [0.2, 0.25) is 0 Å². The Morgan fingerprint density at radius 3 is 1.95 bits per heavy atom. The molecule has 0 aliphatic carbocycles. The Bertz CT molecular complexity index is 611. The molecule has 0 fully saturated rings. The summed E-state index contributed by atoms with van der Waals surface area (Å²) in [5, 5.41) is 27.1. The molecule has 112 valence electrons. The number of aryl methyl sites for hydroxylation is 1. The largest absolute Gasteiger partial charge is 0.478 e. The van der Waals surface area contributed by atoms with Crippen molar-refractivity contribution in [1.82, 2.24) is 0 Å². The van der Waals surface area contributed by atoms with E-state index in [9.17, 15) is 14.4 Å². The number of aromatic carboxylic acids is 1. The van der Waals surface area contributed by atoms with E-state index in [2.05, 4.69) is 0 Å². The average molecular weight is 292 g/mol. The number of carboxylic acids is 3. The molecule has 0 aliphatic heterocycles. The molecule has 3 N–H and O–H groups in total. The molecule has 0 saturated heterocycles. The molecule has 0 spiro atoms. The molecule has 0 radical (unpaired) electrons. The fourth-order valence-electron chi connectivity index (χ4n) is 2.17. The van der Waals surface area contributed by atoms with Crippen molar-refractivity contribution in [3.05, 3.63) is 40.5 Å². The van der Waals surface area contributed by atoms with Crippen LogP contribution in [0.25, 0.3) is 5.57 Å². The van der Waals surface area contributed by atoms with E-state index in [0.717, 1.165) is 0 Å². The highest BCUT2D eigenvalue weighted by atomic mass is 16.4. The third-order valence-corrected chi connectivity index (χ3v) is 3.14. The van der Waals surface area contributed by atoms with Gasteiger partial charge in [-0.15, -0.1) is 0 Å². The Morgan fingerprint density at radius 1 is 1.00 bits per heavy atom. The van der Waals surface area contributed by atoms with Crippen LogP contribution in [0.1, 0.15) is 41.8 Å². The molecule has 6 heteroatoms. The summed E-state index contributed by atoms with van der Waals surface area (Å²) in [5.41, 5.74) is 0.647. The van der Waals surface area contributed by atoms with Crippen molar-refractivity contribution >= 4 is 23.5 Å². The van der Waals surface area contributed by atoms with Crippen molar-refractivity contribution in [3.63, 3.8) is 0 Å². The van der Waals surface area contributed by atoms with Crippen LogP contribution in [0.3, 0.4) is 0 Å². The minimum atomic E-state index is -1.51. The number of carboxylic acid groups (broad SMARTS) is 3. The van der Waals surface area contributed by atoms with Crippen LogP contribution in [0.4, 0.5) is 0 Å². The van der Waals surface area contributed by atoms with E-state index in [0.29, 0.717) is 17.5 Å². The summed E-state index contributed by atoms with van der Waals surface area (Å²) in [5.74, 6) is -4.11. The van der Waals surface area contributed by atoms with Gasteiger partial charge in [0.2, 0.25) is 0 Å². The number of aliphatic carboxylic acids is 2. The second-order valence-corrected chi connectivity index (χ2v) is 4.35. The van der Waals surface area contributed by atoms with E-state index in [1.807, 2.05) is 0 Å². The second-order valence-electron chi connectivity index (χ2n) is 4.35. The summed E-state index contributed by atoms with van der Waals surface area (Å²) in [4.78, 5) is 33.3. The summed E-state index contributed by atoms with van der Waals surface area (Å²) < 4.78 is 0. The number of rotatable bonds is 6. The lowest BCUT2D eigenvalue weighted by molar-refractivity contribution is -0.140. The van der Waals surface area contributed by atoms with Crippen LogP contribution in [0.15, 0.2) is 23.8 Å². The molecule has 0 aliphatic rings. The third-order valence-electron chi connectivity index (χ3n) is 3.14. The summed E-state index contributed by atoms with van der Waals surface area (Å²) in [6.45, 7) is 3.45. The topological polar surface area (TPSA) is 112 Å². The molecule has 21 heavy (non-hydrogen) atoms. The third kappa shape index (κ3) is 3.47. The quantitative estimate of drug-likeness (QED) is 0.421. The first kappa shape index (κ1) is 16.4. The predicted octanol–water partition coefficient (Wildman–Crippen LogP) is 2.28. The molecule has 0 atom stereocenters. The first-order valence-electron chi connectivity index (χ1n) is 6.39. The van der Waals surface area contributed by atoms with Crippen LogP contribution >= 0.6 is 0 Å². The predicted molar refractivity (Wildman–Crippen MR) is 75.3 cm³/mol. The van der Waals surface area contributed by atoms with Crippen LogP contribution in [0, 0.1) is 0 Å². The van der Waals surface area contributed by atoms with Crippen LogP contribution in [-0.2, 0) is 16.0 Å².